The molecule has 0 saturated heterocycles. The molecule has 1 aliphatic heterocycles. The molecule has 3 nitrogen and oxygen atoms in total. The van der Waals surface area contributed by atoms with E-state index in [4.69, 9.17) is 4.98 Å². The van der Waals surface area contributed by atoms with Crippen molar-refractivity contribution in [2.24, 2.45) is 0 Å². The first-order valence-corrected chi connectivity index (χ1v) is 17.9. The van der Waals surface area contributed by atoms with Gasteiger partial charge in [-0.2, -0.15) is 0 Å². The molecule has 0 N–H and O–H groups in total. The minimum absolute atomic E-state index is 0.976. The number of rotatable bonds is 2. The summed E-state index contributed by atoms with van der Waals surface area (Å²) in [5.74, 6) is 0.976. The smallest absolute Gasteiger partial charge is 0.146 e. The van der Waals surface area contributed by atoms with E-state index in [0.29, 0.717) is 0 Å². The third-order valence-corrected chi connectivity index (χ3v) is 11.2. The molecule has 0 atom stereocenters. The highest BCUT2D eigenvalue weighted by atomic mass is 15.1. The zero-order chi connectivity index (χ0) is 33.9. The van der Waals surface area contributed by atoms with E-state index >= 15 is 0 Å². The van der Waals surface area contributed by atoms with Crippen molar-refractivity contribution in [2.75, 3.05) is 0 Å². The molecule has 0 radical (unpaired) electrons. The Labute approximate surface area is 299 Å². The fourth-order valence-corrected chi connectivity index (χ4v) is 9.01. The van der Waals surface area contributed by atoms with Gasteiger partial charge in [-0.15, -0.1) is 0 Å². The monoisotopic (exact) mass is 659 g/mol. The van der Waals surface area contributed by atoms with Gasteiger partial charge >= 0.3 is 0 Å². The second-order valence-corrected chi connectivity index (χ2v) is 13.9. The molecule has 0 saturated carbocycles. The third-order valence-electron chi connectivity index (χ3n) is 11.2. The Bertz CT molecular complexity index is 3290. The Hall–Kier alpha value is -6.97. The molecule has 52 heavy (non-hydrogen) atoms. The number of fused-ring (bicyclic) bond motifs is 14. The van der Waals surface area contributed by atoms with Gasteiger partial charge in [-0.05, 0) is 76.2 Å². The first-order chi connectivity index (χ1) is 25.8. The molecule has 0 spiro atoms. The molecule has 1 aliphatic rings. The Kier molecular flexibility index (Phi) is 5.50. The summed E-state index contributed by atoms with van der Waals surface area (Å²) < 4.78 is 4.85. The van der Waals surface area contributed by atoms with Gasteiger partial charge in [0.2, 0.25) is 0 Å². The highest BCUT2D eigenvalue weighted by Crippen LogP contribution is 2.48. The van der Waals surface area contributed by atoms with Crippen LogP contribution in [-0.4, -0.2) is 14.1 Å². The van der Waals surface area contributed by atoms with E-state index in [1.165, 1.54) is 82.4 Å². The van der Waals surface area contributed by atoms with Crippen LogP contribution in [0.25, 0.3) is 110 Å². The standard InChI is InChI=1S/C49H29N3/c1-2-14-32(15-3-1)51-45-24-11-9-19-36(45)42-29-40(35-18-7-8-20-37(35)48(42)51)30-25-26-46-41(27-30)39-22-12-21-38-33-16-5-6-17-34(33)43-28-31-13-4-10-23-44(31)50-49(43)52(46)47(38)39/h1-29H. The van der Waals surface area contributed by atoms with E-state index in [1.807, 2.05) is 0 Å². The zero-order valence-corrected chi connectivity index (χ0v) is 28.1. The van der Waals surface area contributed by atoms with E-state index in [-0.39, 0.29) is 0 Å². The molecule has 8 aromatic carbocycles. The lowest BCUT2D eigenvalue weighted by atomic mass is 9.93. The summed E-state index contributed by atoms with van der Waals surface area (Å²) in [6.07, 6.45) is 0. The summed E-state index contributed by atoms with van der Waals surface area (Å²) >= 11 is 0. The van der Waals surface area contributed by atoms with E-state index < -0.39 is 0 Å². The van der Waals surface area contributed by atoms with Gasteiger partial charge < -0.3 is 4.57 Å². The van der Waals surface area contributed by atoms with Crippen LogP contribution in [0.3, 0.4) is 0 Å². The first kappa shape index (κ1) is 27.8. The van der Waals surface area contributed by atoms with Crippen molar-refractivity contribution in [2.45, 2.75) is 0 Å². The summed E-state index contributed by atoms with van der Waals surface area (Å²) in [5.41, 5.74) is 14.3. The average molecular weight is 660 g/mol. The minimum Gasteiger partial charge on any atom is -0.309 e. The maximum absolute atomic E-state index is 5.39. The van der Waals surface area contributed by atoms with Crippen molar-refractivity contribution in [1.82, 2.24) is 14.1 Å². The number of pyridine rings is 1. The number of hydrogen-bond donors (Lipinski definition) is 0. The summed E-state index contributed by atoms with van der Waals surface area (Å²) in [4.78, 5) is 5.39. The van der Waals surface area contributed by atoms with Crippen molar-refractivity contribution < 1.29 is 0 Å². The van der Waals surface area contributed by atoms with Crippen LogP contribution in [0.1, 0.15) is 0 Å². The van der Waals surface area contributed by atoms with E-state index in [1.54, 1.807) is 0 Å². The predicted molar refractivity (Wildman–Crippen MR) is 218 cm³/mol. The fourth-order valence-electron chi connectivity index (χ4n) is 9.01. The van der Waals surface area contributed by atoms with E-state index in [2.05, 4.69) is 185 Å². The third kappa shape index (κ3) is 3.66. The SMILES string of the molecule is c1ccc(-n2c3ccccc3c3cc(-c4ccc5c(c4)c4cccc6c4n5-c4nc5ccccc5cc4-c4ccccc4-6)c4ccccc4c32)cc1. The number of aromatic nitrogens is 3. The van der Waals surface area contributed by atoms with Crippen molar-refractivity contribution in [3.05, 3.63) is 176 Å². The van der Waals surface area contributed by atoms with E-state index in [0.717, 1.165) is 27.8 Å². The van der Waals surface area contributed by atoms with Crippen LogP contribution in [0.15, 0.2) is 176 Å². The van der Waals surface area contributed by atoms with Gasteiger partial charge in [-0.25, -0.2) is 4.98 Å². The maximum atomic E-state index is 5.39. The fraction of sp³-hybridized carbons (Fsp3) is 0. The Balaban J connectivity index is 1.19. The lowest BCUT2D eigenvalue weighted by Gasteiger charge is -2.14. The second-order valence-electron chi connectivity index (χ2n) is 13.9. The molecule has 0 amide bonds. The molecule has 3 heteroatoms. The quantitative estimate of drug-likeness (QED) is 0.181. The van der Waals surface area contributed by atoms with Gasteiger partial charge in [0, 0.05) is 49.1 Å². The van der Waals surface area contributed by atoms with Crippen molar-refractivity contribution >= 4 is 65.3 Å². The average Bonchev–Trinajstić information content (AvgIpc) is 3.69. The first-order valence-electron chi connectivity index (χ1n) is 17.9. The van der Waals surface area contributed by atoms with Crippen molar-refractivity contribution in [1.29, 1.82) is 0 Å². The number of hydrogen-bond acceptors (Lipinski definition) is 1. The van der Waals surface area contributed by atoms with Crippen LogP contribution in [0.4, 0.5) is 0 Å². The lowest BCUT2D eigenvalue weighted by Crippen LogP contribution is -2.00. The molecule has 0 unspecified atom stereocenters. The summed E-state index contributed by atoms with van der Waals surface area (Å²) in [5, 5.41) is 8.61. The molecule has 0 fully saturated rings. The minimum atomic E-state index is 0.976. The van der Waals surface area contributed by atoms with Crippen LogP contribution < -0.4 is 0 Å². The van der Waals surface area contributed by atoms with E-state index in [9.17, 15) is 0 Å². The van der Waals surface area contributed by atoms with Crippen LogP contribution >= 0.6 is 0 Å². The van der Waals surface area contributed by atoms with Gasteiger partial charge in [0.1, 0.15) is 5.82 Å². The Morgan fingerprint density at radius 2 is 1.00 bits per heavy atom. The molecule has 0 aliphatic carbocycles. The van der Waals surface area contributed by atoms with Crippen LogP contribution in [0.5, 0.6) is 0 Å². The van der Waals surface area contributed by atoms with Crippen molar-refractivity contribution in [3.63, 3.8) is 0 Å². The van der Waals surface area contributed by atoms with Crippen LogP contribution in [-0.2, 0) is 0 Å². The summed E-state index contributed by atoms with van der Waals surface area (Å²) in [7, 11) is 0. The highest BCUT2D eigenvalue weighted by molar-refractivity contribution is 6.23. The van der Waals surface area contributed by atoms with Gasteiger partial charge in [-0.3, -0.25) is 4.57 Å². The topological polar surface area (TPSA) is 22.8 Å². The number of para-hydroxylation sites is 4. The van der Waals surface area contributed by atoms with Gasteiger partial charge in [0.25, 0.3) is 0 Å². The maximum Gasteiger partial charge on any atom is 0.146 e. The molecule has 240 valence electrons. The van der Waals surface area contributed by atoms with Gasteiger partial charge in [0.15, 0.2) is 0 Å². The number of nitrogens with zero attached hydrogens (tertiary/aromatic N) is 3. The molecular weight excluding hydrogens is 631 g/mol. The van der Waals surface area contributed by atoms with Crippen LogP contribution in [0, 0.1) is 0 Å². The van der Waals surface area contributed by atoms with Gasteiger partial charge in [0.05, 0.1) is 27.6 Å². The van der Waals surface area contributed by atoms with Crippen molar-refractivity contribution in [3.8, 4) is 44.9 Å². The lowest BCUT2D eigenvalue weighted by molar-refractivity contribution is 1.11. The molecule has 3 aromatic heterocycles. The number of benzene rings is 8. The summed E-state index contributed by atoms with van der Waals surface area (Å²) in [6, 6.07) is 64.2. The molecule has 12 rings (SSSR count). The zero-order valence-electron chi connectivity index (χ0n) is 28.1. The molecule has 4 heterocycles. The normalized spacial score (nSPS) is 12.2. The Morgan fingerprint density at radius 1 is 0.346 bits per heavy atom. The molecule has 11 aromatic rings. The van der Waals surface area contributed by atoms with Gasteiger partial charge in [-0.1, -0.05) is 127 Å². The highest BCUT2D eigenvalue weighted by Gasteiger charge is 2.26. The Morgan fingerprint density at radius 3 is 1.88 bits per heavy atom. The largest absolute Gasteiger partial charge is 0.309 e. The van der Waals surface area contributed by atoms with Crippen LogP contribution in [0.2, 0.25) is 0 Å². The molecule has 0 bridgehead atoms. The second kappa shape index (κ2) is 10.3. The summed E-state index contributed by atoms with van der Waals surface area (Å²) in [6.45, 7) is 0. The predicted octanol–water partition coefficient (Wildman–Crippen LogP) is 12.9. The molecular formula is C49H29N3.